The van der Waals surface area contributed by atoms with Gasteiger partial charge in [0.2, 0.25) is 0 Å². The lowest BCUT2D eigenvalue weighted by Crippen LogP contribution is -2.36. The molecule has 0 spiro atoms. The fraction of sp³-hybridized carbons (Fsp3) is 0.789. The van der Waals surface area contributed by atoms with Crippen LogP contribution in [0.3, 0.4) is 0 Å². The second-order valence-corrected chi connectivity index (χ2v) is 7.16. The highest BCUT2D eigenvalue weighted by atomic mass is 15.1. The molecule has 0 N–H and O–H groups in total. The molecule has 0 amide bonds. The molecule has 2 atom stereocenters. The summed E-state index contributed by atoms with van der Waals surface area (Å²) in [7, 11) is 2.33. The molecule has 1 saturated heterocycles. The Labute approximate surface area is 125 Å². The summed E-state index contributed by atoms with van der Waals surface area (Å²) in [5.74, 6) is 0.944. The Hall–Kier alpha value is -0.560. The number of hydrogen-bond donors (Lipinski definition) is 0. The van der Waals surface area contributed by atoms with E-state index in [-0.39, 0.29) is 0 Å². The fourth-order valence-electron chi connectivity index (χ4n) is 4.55. The largest absolute Gasteiger partial charge is 0.303 e. The monoisotopic (exact) mass is 273 g/mol. The molecule has 1 fully saturated rings. The summed E-state index contributed by atoms with van der Waals surface area (Å²) < 4.78 is 0. The van der Waals surface area contributed by atoms with Crippen molar-refractivity contribution in [1.29, 1.82) is 0 Å². The van der Waals surface area contributed by atoms with E-state index in [1.165, 1.54) is 77.2 Å². The molecule has 3 aliphatic rings. The third kappa shape index (κ3) is 3.36. The van der Waals surface area contributed by atoms with Crippen LogP contribution in [0.25, 0.3) is 0 Å². The van der Waals surface area contributed by atoms with E-state index in [0.717, 1.165) is 12.0 Å². The molecule has 0 radical (unpaired) electrons. The van der Waals surface area contributed by atoms with Gasteiger partial charge in [0.25, 0.3) is 0 Å². The van der Waals surface area contributed by atoms with Crippen LogP contribution in [0.5, 0.6) is 0 Å². The van der Waals surface area contributed by atoms with Gasteiger partial charge in [-0.05, 0) is 70.9 Å². The summed E-state index contributed by atoms with van der Waals surface area (Å²) in [5.41, 5.74) is 3.63. The van der Waals surface area contributed by atoms with Crippen LogP contribution in [0.15, 0.2) is 23.3 Å². The van der Waals surface area contributed by atoms with Gasteiger partial charge in [0.1, 0.15) is 0 Å². The van der Waals surface area contributed by atoms with Crippen molar-refractivity contribution in [3.63, 3.8) is 0 Å². The highest BCUT2D eigenvalue weighted by Crippen LogP contribution is 2.41. The summed E-state index contributed by atoms with van der Waals surface area (Å²) in [5, 5.41) is 0. The number of rotatable bonds is 5. The van der Waals surface area contributed by atoms with Crippen LogP contribution in [-0.2, 0) is 0 Å². The first kappa shape index (κ1) is 14.4. The predicted molar refractivity (Wildman–Crippen MR) is 86.9 cm³/mol. The van der Waals surface area contributed by atoms with E-state index in [0.29, 0.717) is 0 Å². The van der Waals surface area contributed by atoms with E-state index in [9.17, 15) is 0 Å². The molecule has 1 aliphatic heterocycles. The molecule has 0 saturated carbocycles. The predicted octanol–water partition coefficient (Wildman–Crippen LogP) is 5.09. The standard InChI is InChI=1S/C19H31N/c1-20-15-7-6-11-18(20)10-4-2-8-16-13-14-17-9-3-5-12-19(16)17/h3,5,16,18H,2,4,6-15H2,1H3. The van der Waals surface area contributed by atoms with Crippen molar-refractivity contribution in [2.24, 2.45) is 5.92 Å². The normalized spacial score (nSPS) is 30.9. The number of unbranched alkanes of at least 4 members (excludes halogenated alkanes) is 1. The van der Waals surface area contributed by atoms with Gasteiger partial charge in [-0.3, -0.25) is 0 Å². The smallest absolute Gasteiger partial charge is 0.00922 e. The number of likely N-dealkylation sites (tertiary alicyclic amines) is 1. The molecule has 0 aromatic carbocycles. The molecule has 20 heavy (non-hydrogen) atoms. The third-order valence-corrected chi connectivity index (χ3v) is 5.87. The van der Waals surface area contributed by atoms with E-state index in [2.05, 4.69) is 24.1 Å². The summed E-state index contributed by atoms with van der Waals surface area (Å²) in [6.45, 7) is 1.33. The zero-order valence-electron chi connectivity index (χ0n) is 13.2. The second kappa shape index (κ2) is 6.93. The van der Waals surface area contributed by atoms with Crippen LogP contribution in [0.2, 0.25) is 0 Å². The average molecular weight is 273 g/mol. The first-order valence-corrected chi connectivity index (χ1v) is 8.90. The third-order valence-electron chi connectivity index (χ3n) is 5.87. The van der Waals surface area contributed by atoms with Gasteiger partial charge in [0.05, 0.1) is 0 Å². The fourth-order valence-corrected chi connectivity index (χ4v) is 4.55. The minimum Gasteiger partial charge on any atom is -0.303 e. The molecular formula is C19H31N. The highest BCUT2D eigenvalue weighted by molar-refractivity contribution is 5.30. The zero-order chi connectivity index (χ0) is 13.8. The lowest BCUT2D eigenvalue weighted by molar-refractivity contribution is 0.172. The van der Waals surface area contributed by atoms with Gasteiger partial charge in [-0.15, -0.1) is 0 Å². The molecule has 0 bridgehead atoms. The van der Waals surface area contributed by atoms with Gasteiger partial charge < -0.3 is 4.90 Å². The van der Waals surface area contributed by atoms with Crippen molar-refractivity contribution < 1.29 is 0 Å². The minimum absolute atomic E-state index is 0.889. The molecule has 1 nitrogen and oxygen atoms in total. The van der Waals surface area contributed by atoms with Crippen molar-refractivity contribution in [1.82, 2.24) is 4.90 Å². The molecule has 1 heterocycles. The quantitative estimate of drug-likeness (QED) is 0.498. The Kier molecular flexibility index (Phi) is 4.99. The maximum atomic E-state index is 2.60. The van der Waals surface area contributed by atoms with Gasteiger partial charge in [0, 0.05) is 6.04 Å². The maximum Gasteiger partial charge on any atom is 0.00922 e. The van der Waals surface area contributed by atoms with Crippen molar-refractivity contribution in [2.45, 2.75) is 76.7 Å². The van der Waals surface area contributed by atoms with Crippen LogP contribution in [0.1, 0.15) is 70.6 Å². The Bertz CT molecular complexity index is 379. The van der Waals surface area contributed by atoms with E-state index < -0.39 is 0 Å². The van der Waals surface area contributed by atoms with Crippen LogP contribution in [0.4, 0.5) is 0 Å². The van der Waals surface area contributed by atoms with Crippen LogP contribution >= 0.6 is 0 Å². The van der Waals surface area contributed by atoms with Crippen LogP contribution in [-0.4, -0.2) is 24.5 Å². The summed E-state index contributed by atoms with van der Waals surface area (Å²) in [4.78, 5) is 2.60. The topological polar surface area (TPSA) is 3.24 Å². The van der Waals surface area contributed by atoms with E-state index in [4.69, 9.17) is 0 Å². The van der Waals surface area contributed by atoms with E-state index >= 15 is 0 Å². The molecule has 3 rings (SSSR count). The lowest BCUT2D eigenvalue weighted by atomic mass is 9.89. The first-order chi connectivity index (χ1) is 9.84. The highest BCUT2D eigenvalue weighted by Gasteiger charge is 2.25. The van der Waals surface area contributed by atoms with E-state index in [1.54, 1.807) is 5.57 Å². The number of hydrogen-bond acceptors (Lipinski definition) is 1. The first-order valence-electron chi connectivity index (χ1n) is 8.90. The number of piperidine rings is 1. The Morgan fingerprint density at radius 2 is 1.90 bits per heavy atom. The number of allylic oxidation sites excluding steroid dienone is 4. The van der Waals surface area contributed by atoms with Crippen molar-refractivity contribution in [3.8, 4) is 0 Å². The van der Waals surface area contributed by atoms with Gasteiger partial charge >= 0.3 is 0 Å². The second-order valence-electron chi connectivity index (χ2n) is 7.16. The molecule has 2 unspecified atom stereocenters. The van der Waals surface area contributed by atoms with Crippen LogP contribution in [0, 0.1) is 5.92 Å². The average Bonchev–Trinajstić information content (AvgIpc) is 2.89. The van der Waals surface area contributed by atoms with E-state index in [1.807, 2.05) is 5.57 Å². The molecular weight excluding hydrogens is 242 g/mol. The Balaban J connectivity index is 1.37. The molecule has 2 aliphatic carbocycles. The number of nitrogens with zero attached hydrogens (tertiary/aromatic N) is 1. The lowest BCUT2D eigenvalue weighted by Gasteiger charge is -2.32. The van der Waals surface area contributed by atoms with Crippen molar-refractivity contribution in [3.05, 3.63) is 23.3 Å². The van der Waals surface area contributed by atoms with Crippen molar-refractivity contribution >= 4 is 0 Å². The SMILES string of the molecule is CN1CCCCC1CCCCC1CCC2=C1CC=CC2. The van der Waals surface area contributed by atoms with Gasteiger partial charge in [-0.1, -0.05) is 42.6 Å². The zero-order valence-corrected chi connectivity index (χ0v) is 13.2. The summed E-state index contributed by atoms with van der Waals surface area (Å²) in [6.07, 6.45) is 20.3. The van der Waals surface area contributed by atoms with Crippen molar-refractivity contribution in [2.75, 3.05) is 13.6 Å². The summed E-state index contributed by atoms with van der Waals surface area (Å²) in [6, 6.07) is 0.889. The molecule has 0 aromatic heterocycles. The van der Waals surface area contributed by atoms with Gasteiger partial charge in [-0.25, -0.2) is 0 Å². The molecule has 0 aromatic rings. The Morgan fingerprint density at radius 3 is 2.80 bits per heavy atom. The summed E-state index contributed by atoms with van der Waals surface area (Å²) >= 11 is 0. The van der Waals surface area contributed by atoms with Gasteiger partial charge in [-0.2, -0.15) is 0 Å². The van der Waals surface area contributed by atoms with Crippen LogP contribution < -0.4 is 0 Å². The molecule has 1 heteroatoms. The molecule has 112 valence electrons. The minimum atomic E-state index is 0.889. The van der Waals surface area contributed by atoms with Gasteiger partial charge in [0.15, 0.2) is 0 Å². The Morgan fingerprint density at radius 1 is 1.05 bits per heavy atom. The maximum absolute atomic E-state index is 2.60.